The molecule has 0 spiro atoms. The van der Waals surface area contributed by atoms with E-state index in [2.05, 4.69) is 11.1 Å². The minimum atomic E-state index is 0.105. The number of nitrogens with zero attached hydrogens (tertiary/aromatic N) is 2. The highest BCUT2D eigenvalue weighted by molar-refractivity contribution is 7.19. The Balaban J connectivity index is 2.30. The number of aromatic nitrogens is 1. The predicted molar refractivity (Wildman–Crippen MR) is 81.7 cm³/mol. The molecule has 2 heterocycles. The van der Waals surface area contributed by atoms with Crippen molar-refractivity contribution in [3.63, 3.8) is 0 Å². The number of pyridine rings is 1. The first-order chi connectivity index (χ1) is 9.60. The number of hydrogen-bond donors (Lipinski definition) is 2. The van der Waals surface area contributed by atoms with Crippen molar-refractivity contribution in [2.24, 2.45) is 5.73 Å². The molecule has 4 N–H and O–H groups in total. The van der Waals surface area contributed by atoms with E-state index in [1.54, 1.807) is 0 Å². The molecule has 0 aliphatic heterocycles. The Morgan fingerprint density at radius 2 is 2.25 bits per heavy atom. The molecule has 0 fully saturated rings. The monoisotopic (exact) mass is 304 g/mol. The zero-order valence-corrected chi connectivity index (χ0v) is 12.3. The van der Waals surface area contributed by atoms with Gasteiger partial charge >= 0.3 is 0 Å². The summed E-state index contributed by atoms with van der Waals surface area (Å²) in [5, 5.41) is 9.41. The van der Waals surface area contributed by atoms with Crippen LogP contribution in [0.15, 0.2) is 12.1 Å². The molecular formula is C14H13ClN4S. The summed E-state index contributed by atoms with van der Waals surface area (Å²) < 4.78 is 0.688. The maximum Gasteiger partial charge on any atom is 0.142 e. The molecule has 0 aromatic carbocycles. The van der Waals surface area contributed by atoms with E-state index in [4.69, 9.17) is 23.1 Å². The van der Waals surface area contributed by atoms with E-state index in [9.17, 15) is 5.26 Å². The molecule has 20 heavy (non-hydrogen) atoms. The maximum atomic E-state index is 9.41. The van der Waals surface area contributed by atoms with Gasteiger partial charge in [-0.1, -0.05) is 11.6 Å². The smallest absolute Gasteiger partial charge is 0.142 e. The minimum Gasteiger partial charge on any atom is -0.383 e. The normalized spacial score (nSPS) is 17.6. The Morgan fingerprint density at radius 3 is 2.90 bits per heavy atom. The van der Waals surface area contributed by atoms with Gasteiger partial charge in [0, 0.05) is 22.2 Å². The molecule has 0 saturated heterocycles. The summed E-state index contributed by atoms with van der Waals surface area (Å²) in [6, 6.07) is 6.02. The molecule has 1 aliphatic carbocycles. The average molecular weight is 305 g/mol. The van der Waals surface area contributed by atoms with E-state index in [0.717, 1.165) is 41.0 Å². The van der Waals surface area contributed by atoms with E-state index in [0.29, 0.717) is 15.7 Å². The molecular weight excluding hydrogens is 292 g/mol. The molecule has 1 aliphatic rings. The Bertz CT molecular complexity index is 717. The van der Waals surface area contributed by atoms with Gasteiger partial charge < -0.3 is 11.5 Å². The van der Waals surface area contributed by atoms with E-state index in [1.807, 2.05) is 12.1 Å². The molecule has 4 nitrogen and oxygen atoms in total. The highest BCUT2D eigenvalue weighted by atomic mass is 35.5. The third-order valence-corrected chi connectivity index (χ3v) is 4.81. The fraction of sp³-hybridized carbons (Fsp3) is 0.286. The van der Waals surface area contributed by atoms with Gasteiger partial charge in [0.2, 0.25) is 0 Å². The van der Waals surface area contributed by atoms with Crippen LogP contribution in [0.4, 0.5) is 5.82 Å². The summed E-state index contributed by atoms with van der Waals surface area (Å²) in [5.41, 5.74) is 15.3. The maximum absolute atomic E-state index is 9.41. The van der Waals surface area contributed by atoms with Crippen molar-refractivity contribution in [2.75, 3.05) is 5.73 Å². The van der Waals surface area contributed by atoms with Gasteiger partial charge in [-0.05, 0) is 37.0 Å². The second-order valence-electron chi connectivity index (χ2n) is 4.89. The Labute approximate surface area is 126 Å². The van der Waals surface area contributed by atoms with Crippen LogP contribution < -0.4 is 11.5 Å². The van der Waals surface area contributed by atoms with Gasteiger partial charge in [0.1, 0.15) is 17.5 Å². The van der Waals surface area contributed by atoms with E-state index < -0.39 is 0 Å². The second-order valence-corrected chi connectivity index (χ2v) is 6.61. The van der Waals surface area contributed by atoms with Crippen molar-refractivity contribution in [3.8, 4) is 16.5 Å². The van der Waals surface area contributed by atoms with Crippen molar-refractivity contribution in [1.29, 1.82) is 5.26 Å². The lowest BCUT2D eigenvalue weighted by molar-refractivity contribution is 0.568. The lowest BCUT2D eigenvalue weighted by atomic mass is 9.87. The van der Waals surface area contributed by atoms with Gasteiger partial charge in [0.05, 0.1) is 4.34 Å². The summed E-state index contributed by atoms with van der Waals surface area (Å²) in [6.45, 7) is 0. The Kier molecular flexibility index (Phi) is 3.38. The van der Waals surface area contributed by atoms with Crippen LogP contribution in [-0.4, -0.2) is 11.0 Å². The number of thiophene rings is 1. The van der Waals surface area contributed by atoms with E-state index in [-0.39, 0.29) is 6.04 Å². The van der Waals surface area contributed by atoms with Crippen molar-refractivity contribution in [2.45, 2.75) is 25.3 Å². The predicted octanol–water partition coefficient (Wildman–Crippen LogP) is 2.73. The van der Waals surface area contributed by atoms with Gasteiger partial charge in [-0.3, -0.25) is 0 Å². The fourth-order valence-electron chi connectivity index (χ4n) is 2.64. The number of nitrogen functional groups attached to an aromatic ring is 1. The molecule has 1 atom stereocenters. The van der Waals surface area contributed by atoms with Crippen molar-refractivity contribution >= 4 is 28.8 Å². The van der Waals surface area contributed by atoms with Crippen LogP contribution in [0.2, 0.25) is 4.34 Å². The van der Waals surface area contributed by atoms with Gasteiger partial charge in [-0.25, -0.2) is 4.98 Å². The van der Waals surface area contributed by atoms with Crippen LogP contribution in [-0.2, 0) is 12.8 Å². The third-order valence-electron chi connectivity index (χ3n) is 3.56. The van der Waals surface area contributed by atoms with Crippen LogP contribution in [0, 0.1) is 11.3 Å². The molecule has 0 amide bonds. The highest BCUT2D eigenvalue weighted by Crippen LogP contribution is 2.39. The number of fused-ring (bicyclic) bond motifs is 1. The van der Waals surface area contributed by atoms with Gasteiger partial charge in [0.25, 0.3) is 0 Å². The third kappa shape index (κ3) is 2.16. The van der Waals surface area contributed by atoms with E-state index >= 15 is 0 Å². The number of nitrogens with two attached hydrogens (primary N) is 2. The molecule has 2 aromatic heterocycles. The first-order valence-electron chi connectivity index (χ1n) is 6.32. The molecule has 0 saturated carbocycles. The number of aryl methyl sites for hydroxylation is 1. The number of nitriles is 1. The first-order valence-corrected chi connectivity index (χ1v) is 7.52. The fourth-order valence-corrected chi connectivity index (χ4v) is 3.76. The summed E-state index contributed by atoms with van der Waals surface area (Å²) in [7, 11) is 0. The molecule has 0 bridgehead atoms. The molecule has 0 unspecified atom stereocenters. The van der Waals surface area contributed by atoms with Crippen molar-refractivity contribution in [3.05, 3.63) is 33.3 Å². The zero-order chi connectivity index (χ0) is 14.3. The molecule has 6 heteroatoms. The number of hydrogen-bond acceptors (Lipinski definition) is 5. The van der Waals surface area contributed by atoms with Crippen LogP contribution in [0.5, 0.6) is 0 Å². The quantitative estimate of drug-likeness (QED) is 0.847. The topological polar surface area (TPSA) is 88.7 Å². The number of halogens is 1. The zero-order valence-electron chi connectivity index (χ0n) is 10.7. The van der Waals surface area contributed by atoms with Crippen molar-refractivity contribution < 1.29 is 0 Å². The Hall–Kier alpha value is -1.61. The number of anilines is 1. The van der Waals surface area contributed by atoms with Crippen LogP contribution in [0.3, 0.4) is 0 Å². The molecule has 0 radical (unpaired) electrons. The van der Waals surface area contributed by atoms with Crippen LogP contribution in [0.1, 0.15) is 23.2 Å². The summed E-state index contributed by atoms with van der Waals surface area (Å²) in [6.07, 6.45) is 2.43. The van der Waals surface area contributed by atoms with Crippen LogP contribution >= 0.6 is 22.9 Å². The lowest BCUT2D eigenvalue weighted by Crippen LogP contribution is -2.29. The van der Waals surface area contributed by atoms with Gasteiger partial charge in [0.15, 0.2) is 0 Å². The SMILES string of the molecule is N#Cc1c(N)nc2c(c1-c1ccc(Cl)s1)C[C@H](N)CC2. The first kappa shape index (κ1) is 13.4. The molecule has 102 valence electrons. The molecule has 3 rings (SSSR count). The average Bonchev–Trinajstić information content (AvgIpc) is 2.84. The summed E-state index contributed by atoms with van der Waals surface area (Å²) in [4.78, 5) is 5.33. The minimum absolute atomic E-state index is 0.105. The van der Waals surface area contributed by atoms with Gasteiger partial charge in [-0.15, -0.1) is 11.3 Å². The lowest BCUT2D eigenvalue weighted by Gasteiger charge is -2.24. The highest BCUT2D eigenvalue weighted by Gasteiger charge is 2.25. The van der Waals surface area contributed by atoms with Gasteiger partial charge in [-0.2, -0.15) is 5.26 Å². The van der Waals surface area contributed by atoms with Crippen LogP contribution in [0.25, 0.3) is 10.4 Å². The molecule has 2 aromatic rings. The van der Waals surface area contributed by atoms with E-state index in [1.165, 1.54) is 11.3 Å². The Morgan fingerprint density at radius 1 is 1.45 bits per heavy atom. The summed E-state index contributed by atoms with van der Waals surface area (Å²) >= 11 is 7.46. The van der Waals surface area contributed by atoms with Crippen molar-refractivity contribution in [1.82, 2.24) is 4.98 Å². The summed E-state index contributed by atoms with van der Waals surface area (Å²) in [5.74, 6) is 0.293. The second kappa shape index (κ2) is 5.06. The standard InChI is InChI=1S/C14H13ClN4S/c15-12-4-3-11(20-12)13-8-5-7(17)1-2-10(8)19-14(18)9(13)6-16/h3-4,7H,1-2,5,17H2,(H2,18,19)/t7-/m1/s1. The largest absolute Gasteiger partial charge is 0.383 e. The number of rotatable bonds is 1.